The van der Waals surface area contributed by atoms with Crippen LogP contribution in [0.5, 0.6) is 0 Å². The maximum Gasteiger partial charge on any atom is 0.231 e. The van der Waals surface area contributed by atoms with Gasteiger partial charge in [-0.2, -0.15) is 0 Å². The van der Waals surface area contributed by atoms with Crippen molar-refractivity contribution in [3.05, 3.63) is 11.9 Å². The third-order valence-corrected chi connectivity index (χ3v) is 4.40. The SMILES string of the molecule is CC[C@H]1CN(C2CCCC2)C(=N)/C(=C\N)N(C)C1=O. The number of rotatable bonds is 2. The predicted octanol–water partition coefficient (Wildman–Crippen LogP) is 1.51. The number of hydrogen-bond acceptors (Lipinski definition) is 3. The van der Waals surface area contributed by atoms with Crippen molar-refractivity contribution in [1.29, 1.82) is 5.41 Å². The fraction of sp³-hybridized carbons (Fsp3) is 0.714. The number of amides is 1. The lowest BCUT2D eigenvalue weighted by atomic mass is 10.0. The molecule has 1 saturated heterocycles. The summed E-state index contributed by atoms with van der Waals surface area (Å²) in [5.74, 6) is 0.439. The summed E-state index contributed by atoms with van der Waals surface area (Å²) in [6.07, 6.45) is 6.87. The molecule has 0 bridgehead atoms. The molecular formula is C14H24N4O. The molecule has 5 nitrogen and oxygen atoms in total. The molecule has 1 aliphatic carbocycles. The van der Waals surface area contributed by atoms with E-state index >= 15 is 0 Å². The quantitative estimate of drug-likeness (QED) is 0.794. The normalized spacial score (nSPS) is 28.3. The zero-order valence-electron chi connectivity index (χ0n) is 11.9. The number of likely N-dealkylation sites (N-methyl/N-ethyl adjacent to an activating group) is 1. The Hall–Kier alpha value is -1.52. The van der Waals surface area contributed by atoms with Crippen molar-refractivity contribution in [3.8, 4) is 0 Å². The number of carbonyl (C=O) groups excluding carboxylic acids is 1. The van der Waals surface area contributed by atoms with Gasteiger partial charge in [-0.25, -0.2) is 0 Å². The Morgan fingerprint density at radius 3 is 2.58 bits per heavy atom. The second-order valence-electron chi connectivity index (χ2n) is 5.49. The van der Waals surface area contributed by atoms with E-state index in [-0.39, 0.29) is 11.8 Å². The van der Waals surface area contributed by atoms with Gasteiger partial charge in [0.05, 0.1) is 5.92 Å². The van der Waals surface area contributed by atoms with Crippen molar-refractivity contribution < 1.29 is 4.79 Å². The predicted molar refractivity (Wildman–Crippen MR) is 75.5 cm³/mol. The minimum absolute atomic E-state index is 0.0385. The minimum atomic E-state index is -0.0385. The first-order chi connectivity index (χ1) is 9.10. The maximum absolute atomic E-state index is 12.4. The molecule has 19 heavy (non-hydrogen) atoms. The molecule has 0 aromatic rings. The van der Waals surface area contributed by atoms with Crippen LogP contribution in [0, 0.1) is 11.3 Å². The van der Waals surface area contributed by atoms with Gasteiger partial charge in [0.2, 0.25) is 5.91 Å². The third-order valence-electron chi connectivity index (χ3n) is 4.40. The molecule has 2 rings (SSSR count). The Kier molecular flexibility index (Phi) is 4.12. The van der Waals surface area contributed by atoms with Crippen LogP contribution in [-0.2, 0) is 4.79 Å². The molecule has 0 radical (unpaired) electrons. The van der Waals surface area contributed by atoms with Crippen molar-refractivity contribution in [2.45, 2.75) is 45.1 Å². The molecule has 2 aliphatic rings. The molecular weight excluding hydrogens is 240 g/mol. The average Bonchev–Trinajstić information content (AvgIpc) is 2.90. The second kappa shape index (κ2) is 5.63. The van der Waals surface area contributed by atoms with E-state index in [4.69, 9.17) is 11.1 Å². The van der Waals surface area contributed by atoms with Gasteiger partial charge >= 0.3 is 0 Å². The van der Waals surface area contributed by atoms with Gasteiger partial charge in [0.1, 0.15) is 11.5 Å². The molecule has 5 heteroatoms. The van der Waals surface area contributed by atoms with Crippen LogP contribution in [0.25, 0.3) is 0 Å². The molecule has 3 N–H and O–H groups in total. The Bertz CT molecular complexity index is 398. The summed E-state index contributed by atoms with van der Waals surface area (Å²) >= 11 is 0. The van der Waals surface area contributed by atoms with Crippen molar-refractivity contribution in [3.63, 3.8) is 0 Å². The van der Waals surface area contributed by atoms with Gasteiger partial charge in [0.15, 0.2) is 0 Å². The molecule has 1 heterocycles. The first kappa shape index (κ1) is 13.9. The number of hydrogen-bond donors (Lipinski definition) is 2. The van der Waals surface area contributed by atoms with Crippen LogP contribution in [-0.4, -0.2) is 41.2 Å². The van der Waals surface area contributed by atoms with Gasteiger partial charge < -0.3 is 15.5 Å². The van der Waals surface area contributed by atoms with Crippen LogP contribution >= 0.6 is 0 Å². The molecule has 0 spiro atoms. The van der Waals surface area contributed by atoms with Crippen molar-refractivity contribution >= 4 is 11.7 Å². The molecule has 106 valence electrons. The van der Waals surface area contributed by atoms with Gasteiger partial charge in [-0.05, 0) is 19.3 Å². The molecule has 1 aliphatic heterocycles. The summed E-state index contributed by atoms with van der Waals surface area (Å²) in [6.45, 7) is 2.69. The van der Waals surface area contributed by atoms with E-state index in [0.717, 1.165) is 19.3 Å². The molecule has 1 saturated carbocycles. The van der Waals surface area contributed by atoms with Gasteiger partial charge in [-0.15, -0.1) is 0 Å². The lowest BCUT2D eigenvalue weighted by molar-refractivity contribution is -0.132. The monoisotopic (exact) mass is 264 g/mol. The first-order valence-electron chi connectivity index (χ1n) is 7.15. The Labute approximate surface area is 114 Å². The summed E-state index contributed by atoms with van der Waals surface area (Å²) < 4.78 is 0. The smallest absolute Gasteiger partial charge is 0.231 e. The number of amidine groups is 1. The Morgan fingerprint density at radius 1 is 1.42 bits per heavy atom. The Balaban J connectivity index is 2.32. The summed E-state index contributed by atoms with van der Waals surface area (Å²) in [5, 5.41) is 8.38. The van der Waals surface area contributed by atoms with E-state index in [1.807, 2.05) is 6.92 Å². The standard InChI is InChI=1S/C14H24N4O/c1-3-10-9-18(11-6-4-5-7-11)13(16)12(8-15)17(2)14(10)19/h8,10-11,16H,3-7,9,15H2,1-2H3/b12-8+,16-13?/t10-/m0/s1. The zero-order chi connectivity index (χ0) is 14.0. The van der Waals surface area contributed by atoms with Gasteiger partial charge in [-0.1, -0.05) is 19.8 Å². The van der Waals surface area contributed by atoms with Crippen LogP contribution in [0.2, 0.25) is 0 Å². The molecule has 1 amide bonds. The first-order valence-corrected chi connectivity index (χ1v) is 7.15. The molecule has 1 atom stereocenters. The van der Waals surface area contributed by atoms with Crippen LogP contribution in [0.3, 0.4) is 0 Å². The number of carbonyl (C=O) groups is 1. The highest BCUT2D eigenvalue weighted by atomic mass is 16.2. The molecule has 0 aromatic carbocycles. The van der Waals surface area contributed by atoms with Crippen molar-refractivity contribution in [1.82, 2.24) is 9.80 Å². The van der Waals surface area contributed by atoms with Crippen LogP contribution in [0.4, 0.5) is 0 Å². The number of nitrogens with two attached hydrogens (primary N) is 1. The van der Waals surface area contributed by atoms with E-state index in [9.17, 15) is 4.79 Å². The van der Waals surface area contributed by atoms with Gasteiger partial charge in [0, 0.05) is 25.8 Å². The average molecular weight is 264 g/mol. The molecule has 2 fully saturated rings. The van der Waals surface area contributed by atoms with Crippen molar-refractivity contribution in [2.24, 2.45) is 11.7 Å². The third kappa shape index (κ3) is 2.46. The summed E-state index contributed by atoms with van der Waals surface area (Å²) in [5.41, 5.74) is 6.18. The zero-order valence-corrected chi connectivity index (χ0v) is 11.9. The highest BCUT2D eigenvalue weighted by Gasteiger charge is 2.36. The second-order valence-corrected chi connectivity index (χ2v) is 5.49. The topological polar surface area (TPSA) is 73.4 Å². The summed E-state index contributed by atoms with van der Waals surface area (Å²) in [6, 6.07) is 0.399. The number of nitrogens with zero attached hydrogens (tertiary/aromatic N) is 2. The lowest BCUT2D eigenvalue weighted by Gasteiger charge is -2.31. The van der Waals surface area contributed by atoms with Gasteiger partial charge in [0.25, 0.3) is 0 Å². The van der Waals surface area contributed by atoms with E-state index in [0.29, 0.717) is 24.1 Å². The maximum atomic E-state index is 12.4. The highest BCUT2D eigenvalue weighted by molar-refractivity contribution is 6.01. The lowest BCUT2D eigenvalue weighted by Crippen LogP contribution is -2.41. The molecule has 0 aromatic heterocycles. The molecule has 0 unspecified atom stereocenters. The van der Waals surface area contributed by atoms with E-state index < -0.39 is 0 Å². The fourth-order valence-corrected chi connectivity index (χ4v) is 3.15. The van der Waals surface area contributed by atoms with E-state index in [1.54, 1.807) is 11.9 Å². The van der Waals surface area contributed by atoms with Crippen LogP contribution < -0.4 is 5.73 Å². The van der Waals surface area contributed by atoms with E-state index in [2.05, 4.69) is 4.90 Å². The highest BCUT2D eigenvalue weighted by Crippen LogP contribution is 2.29. The van der Waals surface area contributed by atoms with Crippen molar-refractivity contribution in [2.75, 3.05) is 13.6 Å². The van der Waals surface area contributed by atoms with E-state index in [1.165, 1.54) is 19.0 Å². The minimum Gasteiger partial charge on any atom is -0.403 e. The summed E-state index contributed by atoms with van der Waals surface area (Å²) in [4.78, 5) is 16.0. The van der Waals surface area contributed by atoms with Crippen LogP contribution in [0.15, 0.2) is 11.9 Å². The summed E-state index contributed by atoms with van der Waals surface area (Å²) in [7, 11) is 1.72. The van der Waals surface area contributed by atoms with Crippen LogP contribution in [0.1, 0.15) is 39.0 Å². The Morgan fingerprint density at radius 2 is 2.05 bits per heavy atom. The number of nitrogens with one attached hydrogen (secondary N) is 1. The largest absolute Gasteiger partial charge is 0.403 e. The fourth-order valence-electron chi connectivity index (χ4n) is 3.15. The van der Waals surface area contributed by atoms with Gasteiger partial charge in [-0.3, -0.25) is 10.2 Å².